The topological polar surface area (TPSA) is 55.4 Å². The molecule has 0 heterocycles. The van der Waals surface area contributed by atoms with Crippen molar-refractivity contribution in [2.24, 2.45) is 0 Å². The lowest BCUT2D eigenvalue weighted by molar-refractivity contribution is 0.274. The second-order valence-corrected chi connectivity index (χ2v) is 17.7. The average molecular weight is 524 g/mol. The molecule has 0 saturated carbocycles. The van der Waals surface area contributed by atoms with E-state index < -0.39 is 18.3 Å². The maximum Gasteiger partial charge on any atom is 0.261 e. The maximum absolute atomic E-state index is 12.7. The quantitative estimate of drug-likeness (QED) is 0.205. The van der Waals surface area contributed by atoms with E-state index in [9.17, 15) is 8.42 Å². The Labute approximate surface area is 219 Å². The summed E-state index contributed by atoms with van der Waals surface area (Å²) in [6.07, 6.45) is 2.95. The number of anilines is 1. The van der Waals surface area contributed by atoms with Crippen LogP contribution in [0.2, 0.25) is 18.1 Å². The highest BCUT2D eigenvalue weighted by atomic mass is 32.2. The Balaban J connectivity index is 1.65. The first-order valence-electron chi connectivity index (χ1n) is 12.7. The van der Waals surface area contributed by atoms with Crippen molar-refractivity contribution in [3.8, 4) is 0 Å². The van der Waals surface area contributed by atoms with E-state index in [1.54, 1.807) is 24.3 Å². The van der Waals surface area contributed by atoms with Crippen LogP contribution >= 0.6 is 0 Å². The molecule has 0 fully saturated rings. The number of nitrogens with one attached hydrogen (secondary N) is 1. The summed E-state index contributed by atoms with van der Waals surface area (Å²) in [4.78, 5) is 0.265. The van der Waals surface area contributed by atoms with E-state index in [0.717, 1.165) is 31.4 Å². The molecule has 0 aliphatic rings. The van der Waals surface area contributed by atoms with Gasteiger partial charge in [-0.25, -0.2) is 8.42 Å². The molecule has 0 radical (unpaired) electrons. The summed E-state index contributed by atoms with van der Waals surface area (Å²) < 4.78 is 34.5. The zero-order valence-corrected chi connectivity index (χ0v) is 24.4. The molecule has 194 valence electrons. The van der Waals surface area contributed by atoms with Crippen molar-refractivity contribution in [2.45, 2.75) is 75.9 Å². The van der Waals surface area contributed by atoms with Crippen LogP contribution < -0.4 is 4.72 Å². The smallest absolute Gasteiger partial charge is 0.261 e. The lowest BCUT2D eigenvalue weighted by Crippen LogP contribution is -2.41. The molecule has 0 aliphatic heterocycles. The fourth-order valence-electron chi connectivity index (χ4n) is 3.91. The Kier molecular flexibility index (Phi) is 9.20. The van der Waals surface area contributed by atoms with Crippen molar-refractivity contribution in [1.82, 2.24) is 0 Å². The second-order valence-electron chi connectivity index (χ2n) is 11.2. The van der Waals surface area contributed by atoms with Gasteiger partial charge in [0, 0.05) is 12.3 Å². The molecule has 4 nitrogen and oxygen atoms in total. The van der Waals surface area contributed by atoms with Crippen LogP contribution in [0, 0.1) is 6.92 Å². The van der Waals surface area contributed by atoms with Crippen LogP contribution in [-0.4, -0.2) is 23.3 Å². The third kappa shape index (κ3) is 7.79. The number of aryl methyl sites for hydroxylation is 1. The Morgan fingerprint density at radius 1 is 0.889 bits per heavy atom. The number of rotatable bonds is 11. The molecule has 3 rings (SSSR count). The largest absolute Gasteiger partial charge is 0.417 e. The lowest BCUT2D eigenvalue weighted by atomic mass is 9.88. The molecule has 1 N–H and O–H groups in total. The minimum absolute atomic E-state index is 0.217. The zero-order chi connectivity index (χ0) is 26.4. The molecule has 0 spiro atoms. The van der Waals surface area contributed by atoms with Crippen molar-refractivity contribution in [2.75, 3.05) is 11.3 Å². The summed E-state index contributed by atoms with van der Waals surface area (Å²) in [6.45, 7) is 14.2. The Morgan fingerprint density at radius 2 is 1.50 bits per heavy atom. The van der Waals surface area contributed by atoms with Gasteiger partial charge in [0.05, 0.1) is 4.90 Å². The first kappa shape index (κ1) is 28.2. The molecule has 0 aromatic heterocycles. The maximum atomic E-state index is 12.7. The van der Waals surface area contributed by atoms with Crippen molar-refractivity contribution in [3.05, 3.63) is 95.6 Å². The average Bonchev–Trinajstić information content (AvgIpc) is 2.82. The summed E-state index contributed by atoms with van der Waals surface area (Å²) in [5, 5.41) is 0.217. The van der Waals surface area contributed by atoms with Crippen molar-refractivity contribution in [3.63, 3.8) is 0 Å². The molecular formula is C30H41NO3SSi. The van der Waals surface area contributed by atoms with Gasteiger partial charge in [-0.3, -0.25) is 4.72 Å². The third-order valence-corrected chi connectivity index (χ3v) is 13.2. The fourth-order valence-corrected chi connectivity index (χ4v) is 6.06. The monoisotopic (exact) mass is 523 g/mol. The van der Waals surface area contributed by atoms with Crippen LogP contribution in [0.5, 0.6) is 0 Å². The molecule has 6 heteroatoms. The number of benzene rings is 3. The molecule has 0 aliphatic carbocycles. The summed E-state index contributed by atoms with van der Waals surface area (Å²) in [5.41, 5.74) is 4.11. The standard InChI is InChI=1S/C30H41NO3SSi/c1-24-14-20-29(21-15-24)35(32,33)31-28-18-16-25(17-19-28)23-27(26-11-8-7-9-12-26)13-10-22-34-36(5,6)30(2,3)4/h7-9,11-12,14-21,27,31H,10,13,22-23H2,1-6H3/t27-/m0/s1. The fraction of sp³-hybridized carbons (Fsp3) is 0.400. The van der Waals surface area contributed by atoms with Crippen LogP contribution in [-0.2, 0) is 20.9 Å². The van der Waals surface area contributed by atoms with E-state index in [4.69, 9.17) is 4.43 Å². The first-order chi connectivity index (χ1) is 16.9. The molecule has 3 aromatic carbocycles. The Bertz CT molecular complexity index is 1200. The minimum Gasteiger partial charge on any atom is -0.417 e. The van der Waals surface area contributed by atoms with Gasteiger partial charge in [-0.05, 0) is 85.6 Å². The van der Waals surface area contributed by atoms with E-state index in [-0.39, 0.29) is 9.93 Å². The van der Waals surface area contributed by atoms with Gasteiger partial charge in [-0.2, -0.15) is 0 Å². The second kappa shape index (κ2) is 11.8. The van der Waals surface area contributed by atoms with Gasteiger partial charge in [0.2, 0.25) is 0 Å². The lowest BCUT2D eigenvalue weighted by Gasteiger charge is -2.36. The van der Waals surface area contributed by atoms with Gasteiger partial charge >= 0.3 is 0 Å². The number of sulfonamides is 1. The van der Waals surface area contributed by atoms with E-state index in [0.29, 0.717) is 11.6 Å². The molecular weight excluding hydrogens is 482 g/mol. The van der Waals surface area contributed by atoms with Crippen LogP contribution in [0.3, 0.4) is 0 Å². The van der Waals surface area contributed by atoms with Crippen LogP contribution in [0.4, 0.5) is 5.69 Å². The molecule has 0 amide bonds. The Morgan fingerprint density at radius 3 is 2.08 bits per heavy atom. The summed E-state index contributed by atoms with van der Waals surface area (Å²) >= 11 is 0. The first-order valence-corrected chi connectivity index (χ1v) is 17.1. The van der Waals surface area contributed by atoms with Crippen molar-refractivity contribution < 1.29 is 12.8 Å². The normalized spacial score (nSPS) is 13.4. The van der Waals surface area contributed by atoms with Gasteiger partial charge in [-0.1, -0.05) is 80.9 Å². The molecule has 0 unspecified atom stereocenters. The minimum atomic E-state index is -3.61. The van der Waals surface area contributed by atoms with E-state index >= 15 is 0 Å². The summed E-state index contributed by atoms with van der Waals surface area (Å²) in [7, 11) is -5.35. The van der Waals surface area contributed by atoms with Crippen molar-refractivity contribution in [1.29, 1.82) is 0 Å². The molecule has 0 bridgehead atoms. The van der Waals surface area contributed by atoms with Gasteiger partial charge in [0.1, 0.15) is 0 Å². The van der Waals surface area contributed by atoms with Gasteiger partial charge in [-0.15, -0.1) is 0 Å². The van der Waals surface area contributed by atoms with Gasteiger partial charge in [0.25, 0.3) is 10.0 Å². The van der Waals surface area contributed by atoms with E-state index in [2.05, 4.69) is 68.9 Å². The van der Waals surface area contributed by atoms with Crippen LogP contribution in [0.25, 0.3) is 0 Å². The number of hydrogen-bond donors (Lipinski definition) is 1. The van der Waals surface area contributed by atoms with Crippen molar-refractivity contribution >= 4 is 24.0 Å². The number of hydrogen-bond acceptors (Lipinski definition) is 3. The zero-order valence-electron chi connectivity index (χ0n) is 22.5. The van der Waals surface area contributed by atoms with E-state index in [1.807, 2.05) is 31.2 Å². The molecule has 36 heavy (non-hydrogen) atoms. The van der Waals surface area contributed by atoms with Gasteiger partial charge in [0.15, 0.2) is 8.32 Å². The highest BCUT2D eigenvalue weighted by Crippen LogP contribution is 2.37. The van der Waals surface area contributed by atoms with Crippen LogP contribution in [0.15, 0.2) is 83.8 Å². The molecule has 0 saturated heterocycles. The third-order valence-electron chi connectivity index (χ3n) is 7.26. The highest BCUT2D eigenvalue weighted by Gasteiger charge is 2.36. The molecule has 1 atom stereocenters. The summed E-state index contributed by atoms with van der Waals surface area (Å²) in [5.74, 6) is 0.379. The molecule has 3 aromatic rings. The van der Waals surface area contributed by atoms with Gasteiger partial charge < -0.3 is 4.43 Å². The summed E-state index contributed by atoms with van der Waals surface area (Å²) in [6, 6.07) is 25.3. The Hall–Kier alpha value is -2.41. The SMILES string of the molecule is Cc1ccc(S(=O)(=O)Nc2ccc(C[C@H](CCCO[Si](C)(C)C(C)(C)C)c3ccccc3)cc2)cc1. The predicted molar refractivity (Wildman–Crippen MR) is 154 cm³/mol. The predicted octanol–water partition coefficient (Wildman–Crippen LogP) is 7.92. The highest BCUT2D eigenvalue weighted by molar-refractivity contribution is 7.92. The van der Waals surface area contributed by atoms with E-state index in [1.165, 1.54) is 11.1 Å². The van der Waals surface area contributed by atoms with Crippen LogP contribution in [0.1, 0.15) is 56.2 Å².